The highest BCUT2D eigenvalue weighted by molar-refractivity contribution is 7.71. The van der Waals surface area contributed by atoms with Crippen molar-refractivity contribution < 1.29 is 4.74 Å². The molecule has 7 heteroatoms. The molecule has 6 nitrogen and oxygen atoms in total. The second-order valence-electron chi connectivity index (χ2n) is 3.62. The van der Waals surface area contributed by atoms with Crippen molar-refractivity contribution in [3.8, 4) is 11.8 Å². The standard InChI is InChI=1S/C12H11N5OS/c1-9-15-16-12(19)17(9)14-8-10-4-2-3-5-11(10)18-7-6-13/h2-5,8H,7H2,1H3,(H,16,19)/b14-8-. The molecule has 0 spiro atoms. The summed E-state index contributed by atoms with van der Waals surface area (Å²) in [6.07, 6.45) is 1.62. The lowest BCUT2D eigenvalue weighted by Gasteiger charge is -2.04. The number of H-pyrrole nitrogens is 1. The maximum Gasteiger partial charge on any atom is 0.216 e. The van der Waals surface area contributed by atoms with Crippen LogP contribution in [0.1, 0.15) is 11.4 Å². The van der Waals surface area contributed by atoms with Crippen LogP contribution < -0.4 is 4.74 Å². The zero-order chi connectivity index (χ0) is 13.7. The number of nitriles is 1. The Kier molecular flexibility index (Phi) is 4.05. The number of aromatic nitrogens is 3. The van der Waals surface area contributed by atoms with Crippen molar-refractivity contribution in [2.75, 3.05) is 6.61 Å². The van der Waals surface area contributed by atoms with Crippen molar-refractivity contribution in [2.45, 2.75) is 6.92 Å². The molecule has 2 aromatic rings. The van der Waals surface area contributed by atoms with Crippen LogP contribution in [0.4, 0.5) is 0 Å². The van der Waals surface area contributed by atoms with Crippen LogP contribution in [0.3, 0.4) is 0 Å². The largest absolute Gasteiger partial charge is 0.478 e. The van der Waals surface area contributed by atoms with Gasteiger partial charge in [0, 0.05) is 5.56 Å². The second kappa shape index (κ2) is 5.93. The van der Waals surface area contributed by atoms with E-state index in [1.165, 1.54) is 4.68 Å². The molecule has 0 radical (unpaired) electrons. The number of nitrogens with zero attached hydrogens (tertiary/aromatic N) is 4. The number of benzene rings is 1. The van der Waals surface area contributed by atoms with E-state index in [1.807, 2.05) is 24.3 Å². The number of hydrogen-bond acceptors (Lipinski definition) is 5. The fourth-order valence-electron chi connectivity index (χ4n) is 1.45. The number of hydrogen-bond donors (Lipinski definition) is 1. The van der Waals surface area contributed by atoms with Crippen molar-refractivity contribution in [2.24, 2.45) is 5.10 Å². The smallest absolute Gasteiger partial charge is 0.216 e. The number of nitrogens with one attached hydrogen (secondary N) is 1. The van der Waals surface area contributed by atoms with Gasteiger partial charge in [0.2, 0.25) is 4.77 Å². The average molecular weight is 273 g/mol. The Morgan fingerprint density at radius 3 is 3.05 bits per heavy atom. The molecular weight excluding hydrogens is 262 g/mol. The van der Waals surface area contributed by atoms with Crippen LogP contribution in [-0.2, 0) is 0 Å². The lowest BCUT2D eigenvalue weighted by molar-refractivity contribution is 0.367. The molecule has 0 fully saturated rings. The van der Waals surface area contributed by atoms with Gasteiger partial charge in [-0.3, -0.25) is 5.10 Å². The van der Waals surface area contributed by atoms with Crippen molar-refractivity contribution >= 4 is 18.4 Å². The van der Waals surface area contributed by atoms with Gasteiger partial charge >= 0.3 is 0 Å². The molecule has 1 aromatic carbocycles. The van der Waals surface area contributed by atoms with Crippen molar-refractivity contribution in [1.29, 1.82) is 5.26 Å². The van der Waals surface area contributed by atoms with Gasteiger partial charge in [-0.25, -0.2) is 0 Å². The van der Waals surface area contributed by atoms with Crippen LogP contribution in [0.15, 0.2) is 29.4 Å². The maximum absolute atomic E-state index is 8.53. The predicted molar refractivity (Wildman–Crippen MR) is 72.7 cm³/mol. The Labute approximate surface area is 115 Å². The normalized spacial score (nSPS) is 10.5. The summed E-state index contributed by atoms with van der Waals surface area (Å²) in [4.78, 5) is 0. The first-order chi connectivity index (χ1) is 9.22. The molecule has 19 heavy (non-hydrogen) atoms. The molecule has 1 heterocycles. The average Bonchev–Trinajstić information content (AvgIpc) is 2.74. The Morgan fingerprint density at radius 2 is 2.37 bits per heavy atom. The third-order valence-electron chi connectivity index (χ3n) is 2.34. The fourth-order valence-corrected chi connectivity index (χ4v) is 1.68. The first kappa shape index (κ1) is 13.0. The molecular formula is C12H11N5OS. The summed E-state index contributed by atoms with van der Waals surface area (Å²) in [6, 6.07) is 9.24. The van der Waals surface area contributed by atoms with Gasteiger partial charge in [-0.1, -0.05) is 12.1 Å². The zero-order valence-corrected chi connectivity index (χ0v) is 11.0. The third kappa shape index (κ3) is 3.05. The monoisotopic (exact) mass is 273 g/mol. The van der Waals surface area contributed by atoms with Crippen LogP contribution in [-0.4, -0.2) is 27.7 Å². The third-order valence-corrected chi connectivity index (χ3v) is 2.60. The number of aromatic amines is 1. The molecule has 0 atom stereocenters. The Balaban J connectivity index is 2.29. The van der Waals surface area contributed by atoms with Crippen molar-refractivity contribution in [3.05, 3.63) is 40.4 Å². The van der Waals surface area contributed by atoms with Gasteiger partial charge in [0.15, 0.2) is 6.61 Å². The first-order valence-electron chi connectivity index (χ1n) is 5.49. The molecule has 0 saturated carbocycles. The molecule has 1 aromatic heterocycles. The molecule has 1 N–H and O–H groups in total. The summed E-state index contributed by atoms with van der Waals surface area (Å²) in [5.74, 6) is 1.26. The van der Waals surface area contributed by atoms with E-state index >= 15 is 0 Å². The molecule has 0 aliphatic carbocycles. The Bertz CT molecular complexity index is 695. The van der Waals surface area contributed by atoms with Crippen molar-refractivity contribution in [1.82, 2.24) is 14.9 Å². The summed E-state index contributed by atoms with van der Waals surface area (Å²) in [6.45, 7) is 1.79. The van der Waals surface area contributed by atoms with Crippen molar-refractivity contribution in [3.63, 3.8) is 0 Å². The van der Waals surface area contributed by atoms with Gasteiger partial charge in [0.25, 0.3) is 0 Å². The highest BCUT2D eigenvalue weighted by Gasteiger charge is 2.01. The molecule has 96 valence electrons. The van der Waals surface area contributed by atoms with Gasteiger partial charge < -0.3 is 4.74 Å². The fraction of sp³-hybridized carbons (Fsp3) is 0.167. The molecule has 0 bridgehead atoms. The van der Waals surface area contributed by atoms with Crippen LogP contribution in [0.2, 0.25) is 0 Å². The lowest BCUT2D eigenvalue weighted by Crippen LogP contribution is -1.99. The molecule has 0 saturated heterocycles. The van der Waals surface area contributed by atoms with Gasteiger partial charge in [0.1, 0.15) is 17.6 Å². The SMILES string of the molecule is Cc1n[nH]c(=S)n1/N=C\c1ccccc1OCC#N. The van der Waals surface area contributed by atoms with E-state index in [-0.39, 0.29) is 6.61 Å². The van der Waals surface area contributed by atoms with Gasteiger partial charge in [-0.05, 0) is 31.3 Å². The Morgan fingerprint density at radius 1 is 1.58 bits per heavy atom. The molecule has 0 aliphatic rings. The minimum atomic E-state index is -0.00494. The quantitative estimate of drug-likeness (QED) is 0.683. The molecule has 0 aliphatic heterocycles. The van der Waals surface area contributed by atoms with E-state index in [2.05, 4.69) is 15.3 Å². The number of para-hydroxylation sites is 1. The maximum atomic E-state index is 8.53. The second-order valence-corrected chi connectivity index (χ2v) is 4.00. The lowest BCUT2D eigenvalue weighted by atomic mass is 10.2. The van der Waals surface area contributed by atoms with E-state index in [1.54, 1.807) is 19.2 Å². The van der Waals surface area contributed by atoms with Gasteiger partial charge in [-0.2, -0.15) is 20.1 Å². The van der Waals surface area contributed by atoms with Crippen LogP contribution in [0, 0.1) is 23.0 Å². The van der Waals surface area contributed by atoms with Gasteiger partial charge in [0.05, 0.1) is 6.21 Å². The first-order valence-corrected chi connectivity index (χ1v) is 5.90. The molecule has 0 unspecified atom stereocenters. The van der Waals surface area contributed by atoms with Gasteiger partial charge in [-0.15, -0.1) is 0 Å². The zero-order valence-electron chi connectivity index (χ0n) is 10.2. The van der Waals surface area contributed by atoms with E-state index < -0.39 is 0 Å². The topological polar surface area (TPSA) is 79.0 Å². The molecule has 2 rings (SSSR count). The number of aryl methyl sites for hydroxylation is 1. The summed E-state index contributed by atoms with van der Waals surface area (Å²) in [5.41, 5.74) is 0.764. The highest BCUT2D eigenvalue weighted by atomic mass is 32.1. The summed E-state index contributed by atoms with van der Waals surface area (Å²) in [7, 11) is 0. The van der Waals surface area contributed by atoms with E-state index in [4.69, 9.17) is 22.2 Å². The van der Waals surface area contributed by atoms with E-state index in [0.717, 1.165) is 5.56 Å². The number of rotatable bonds is 4. The molecule has 0 amide bonds. The van der Waals surface area contributed by atoms with E-state index in [0.29, 0.717) is 16.3 Å². The highest BCUT2D eigenvalue weighted by Crippen LogP contribution is 2.15. The number of ether oxygens (including phenoxy) is 1. The van der Waals surface area contributed by atoms with E-state index in [9.17, 15) is 0 Å². The van der Waals surface area contributed by atoms with Crippen LogP contribution in [0.25, 0.3) is 0 Å². The predicted octanol–water partition coefficient (Wildman–Crippen LogP) is 2.03. The minimum Gasteiger partial charge on any atom is -0.478 e. The minimum absolute atomic E-state index is 0.00494. The summed E-state index contributed by atoms with van der Waals surface area (Å²) in [5, 5.41) is 19.4. The summed E-state index contributed by atoms with van der Waals surface area (Å²) < 4.78 is 7.24. The van der Waals surface area contributed by atoms with Crippen LogP contribution in [0.5, 0.6) is 5.75 Å². The van der Waals surface area contributed by atoms with Crippen LogP contribution >= 0.6 is 12.2 Å². The Hall–Kier alpha value is -2.46. The summed E-state index contributed by atoms with van der Waals surface area (Å²) >= 11 is 5.05.